The molecule has 4 rings (SSSR count). The SMILES string of the molecule is COc1cccc(Nc2nc3c(c(Nc4ccccc4OC)n2)C(=O)CCC3)c1. The molecule has 7 heteroatoms. The number of aromatic nitrogens is 2. The van der Waals surface area contributed by atoms with E-state index in [0.717, 1.165) is 35.7 Å². The van der Waals surface area contributed by atoms with E-state index in [-0.39, 0.29) is 5.78 Å². The second-order valence-corrected chi connectivity index (χ2v) is 6.68. The number of hydrogen-bond acceptors (Lipinski definition) is 7. The van der Waals surface area contributed by atoms with Crippen molar-refractivity contribution in [2.24, 2.45) is 0 Å². The van der Waals surface area contributed by atoms with Crippen molar-refractivity contribution in [2.75, 3.05) is 24.9 Å². The summed E-state index contributed by atoms with van der Waals surface area (Å²) in [4.78, 5) is 21.8. The first-order valence-corrected chi connectivity index (χ1v) is 9.43. The summed E-state index contributed by atoms with van der Waals surface area (Å²) in [6.45, 7) is 0. The van der Waals surface area contributed by atoms with Gasteiger partial charge in [0, 0.05) is 18.2 Å². The Balaban J connectivity index is 1.74. The predicted molar refractivity (Wildman–Crippen MR) is 112 cm³/mol. The quantitative estimate of drug-likeness (QED) is 0.641. The molecule has 0 radical (unpaired) electrons. The lowest BCUT2D eigenvalue weighted by Crippen LogP contribution is -2.18. The van der Waals surface area contributed by atoms with E-state index in [9.17, 15) is 4.79 Å². The van der Waals surface area contributed by atoms with Gasteiger partial charge in [-0.3, -0.25) is 4.79 Å². The maximum absolute atomic E-state index is 12.6. The van der Waals surface area contributed by atoms with Gasteiger partial charge in [-0.05, 0) is 37.1 Å². The van der Waals surface area contributed by atoms with E-state index in [1.807, 2.05) is 48.5 Å². The fraction of sp³-hybridized carbons (Fsp3) is 0.227. The van der Waals surface area contributed by atoms with Crippen LogP contribution in [0.5, 0.6) is 11.5 Å². The predicted octanol–water partition coefficient (Wildman–Crippen LogP) is 4.50. The normalized spacial score (nSPS) is 12.8. The third-order valence-corrected chi connectivity index (χ3v) is 4.77. The number of benzene rings is 2. The third kappa shape index (κ3) is 3.99. The van der Waals surface area contributed by atoms with E-state index >= 15 is 0 Å². The van der Waals surface area contributed by atoms with Crippen LogP contribution in [0.3, 0.4) is 0 Å². The van der Waals surface area contributed by atoms with Crippen LogP contribution in [0, 0.1) is 0 Å². The number of ketones is 1. The second-order valence-electron chi connectivity index (χ2n) is 6.68. The highest BCUT2D eigenvalue weighted by Crippen LogP contribution is 2.33. The van der Waals surface area contributed by atoms with Crippen LogP contribution in [0.1, 0.15) is 28.9 Å². The summed E-state index contributed by atoms with van der Waals surface area (Å²) in [5.41, 5.74) is 2.84. The lowest BCUT2D eigenvalue weighted by Gasteiger charge is -2.20. The largest absolute Gasteiger partial charge is 0.497 e. The van der Waals surface area contributed by atoms with Gasteiger partial charge in [0.2, 0.25) is 5.95 Å². The first-order valence-electron chi connectivity index (χ1n) is 9.43. The Morgan fingerprint density at radius 1 is 0.931 bits per heavy atom. The fourth-order valence-corrected chi connectivity index (χ4v) is 3.37. The summed E-state index contributed by atoms with van der Waals surface area (Å²) in [5.74, 6) is 2.36. The number of ether oxygens (including phenoxy) is 2. The minimum absolute atomic E-state index is 0.0524. The van der Waals surface area contributed by atoms with Crippen molar-refractivity contribution >= 4 is 28.9 Å². The number of carbonyl (C=O) groups is 1. The van der Waals surface area contributed by atoms with E-state index in [4.69, 9.17) is 9.47 Å². The number of Topliss-reactive ketones (excluding diaryl/α,β-unsaturated/α-hetero) is 1. The van der Waals surface area contributed by atoms with Crippen molar-refractivity contribution in [3.63, 3.8) is 0 Å². The molecule has 7 nitrogen and oxygen atoms in total. The summed E-state index contributed by atoms with van der Waals surface area (Å²) in [6.07, 6.45) is 2.02. The highest BCUT2D eigenvalue weighted by atomic mass is 16.5. The van der Waals surface area contributed by atoms with E-state index in [1.54, 1.807) is 14.2 Å². The van der Waals surface area contributed by atoms with Gasteiger partial charge >= 0.3 is 0 Å². The molecular formula is C22H22N4O3. The van der Waals surface area contributed by atoms with Gasteiger partial charge in [-0.1, -0.05) is 18.2 Å². The first-order chi connectivity index (χ1) is 14.2. The van der Waals surface area contributed by atoms with Gasteiger partial charge in [-0.15, -0.1) is 0 Å². The van der Waals surface area contributed by atoms with Crippen molar-refractivity contribution in [3.05, 3.63) is 59.8 Å². The Morgan fingerprint density at radius 2 is 1.79 bits per heavy atom. The number of carbonyl (C=O) groups excluding carboxylic acids is 1. The molecule has 0 atom stereocenters. The molecule has 1 aromatic heterocycles. The van der Waals surface area contributed by atoms with Gasteiger partial charge in [-0.2, -0.15) is 4.98 Å². The molecule has 0 aliphatic heterocycles. The van der Waals surface area contributed by atoms with Crippen LogP contribution >= 0.6 is 0 Å². The van der Waals surface area contributed by atoms with Gasteiger partial charge in [0.1, 0.15) is 17.3 Å². The molecule has 2 N–H and O–H groups in total. The molecule has 1 aliphatic carbocycles. The standard InChI is InChI=1S/C22H22N4O3/c1-28-15-8-5-7-14(13-15)23-22-25-17-10-6-11-18(27)20(17)21(26-22)24-16-9-3-4-12-19(16)29-2/h3-5,7-9,12-13H,6,10-11H2,1-2H3,(H2,23,24,25,26). The zero-order valence-electron chi connectivity index (χ0n) is 16.4. The molecule has 3 aromatic rings. The summed E-state index contributed by atoms with van der Waals surface area (Å²) >= 11 is 0. The highest BCUT2D eigenvalue weighted by molar-refractivity contribution is 6.03. The number of hydrogen-bond donors (Lipinski definition) is 2. The molecule has 0 fully saturated rings. The zero-order chi connectivity index (χ0) is 20.2. The molecule has 0 amide bonds. The van der Waals surface area contributed by atoms with Crippen molar-refractivity contribution in [2.45, 2.75) is 19.3 Å². The highest BCUT2D eigenvalue weighted by Gasteiger charge is 2.25. The van der Waals surface area contributed by atoms with Crippen LogP contribution < -0.4 is 20.1 Å². The van der Waals surface area contributed by atoms with Gasteiger partial charge in [-0.25, -0.2) is 4.98 Å². The Bertz CT molecular complexity index is 1050. The van der Waals surface area contributed by atoms with Crippen LogP contribution in [-0.4, -0.2) is 30.0 Å². The molecule has 2 aromatic carbocycles. The van der Waals surface area contributed by atoms with Crippen LogP contribution in [-0.2, 0) is 6.42 Å². The smallest absolute Gasteiger partial charge is 0.229 e. The van der Waals surface area contributed by atoms with Crippen LogP contribution in [0.15, 0.2) is 48.5 Å². The number of rotatable bonds is 6. The summed E-state index contributed by atoms with van der Waals surface area (Å²) < 4.78 is 10.7. The number of fused-ring (bicyclic) bond motifs is 1. The van der Waals surface area contributed by atoms with E-state index in [1.165, 1.54) is 0 Å². The number of methoxy groups -OCH3 is 2. The van der Waals surface area contributed by atoms with E-state index < -0.39 is 0 Å². The fourth-order valence-electron chi connectivity index (χ4n) is 3.37. The summed E-state index contributed by atoms with van der Waals surface area (Å²) in [7, 11) is 3.23. The van der Waals surface area contributed by atoms with Crippen molar-refractivity contribution < 1.29 is 14.3 Å². The van der Waals surface area contributed by atoms with Crippen molar-refractivity contribution in [1.82, 2.24) is 9.97 Å². The monoisotopic (exact) mass is 390 g/mol. The molecule has 29 heavy (non-hydrogen) atoms. The topological polar surface area (TPSA) is 85.4 Å². The average molecular weight is 390 g/mol. The van der Waals surface area contributed by atoms with Crippen molar-refractivity contribution in [1.29, 1.82) is 0 Å². The Labute approximate surface area is 169 Å². The zero-order valence-corrected chi connectivity index (χ0v) is 16.4. The van der Waals surface area contributed by atoms with E-state index in [2.05, 4.69) is 20.6 Å². The number of nitrogens with zero attached hydrogens (tertiary/aromatic N) is 2. The van der Waals surface area contributed by atoms with E-state index in [0.29, 0.717) is 29.5 Å². The molecule has 0 bridgehead atoms. The van der Waals surface area contributed by atoms with Gasteiger partial charge in [0.25, 0.3) is 0 Å². The van der Waals surface area contributed by atoms with Crippen LogP contribution in [0.2, 0.25) is 0 Å². The lowest BCUT2D eigenvalue weighted by molar-refractivity contribution is 0.0972. The number of nitrogens with one attached hydrogen (secondary N) is 2. The van der Waals surface area contributed by atoms with Gasteiger partial charge in [0.15, 0.2) is 5.78 Å². The molecule has 0 spiro atoms. The molecule has 1 aliphatic rings. The molecule has 0 saturated carbocycles. The third-order valence-electron chi connectivity index (χ3n) is 4.77. The Hall–Kier alpha value is -3.61. The molecule has 0 unspecified atom stereocenters. The minimum Gasteiger partial charge on any atom is -0.497 e. The van der Waals surface area contributed by atoms with Gasteiger partial charge in [0.05, 0.1) is 31.2 Å². The van der Waals surface area contributed by atoms with Crippen LogP contribution in [0.25, 0.3) is 0 Å². The average Bonchev–Trinajstić information content (AvgIpc) is 2.74. The summed E-state index contributed by atoms with van der Waals surface area (Å²) in [5, 5.41) is 6.48. The Kier molecular flexibility index (Phi) is 5.29. The maximum atomic E-state index is 12.6. The second kappa shape index (κ2) is 8.18. The molecule has 1 heterocycles. The number of aryl methyl sites for hydroxylation is 1. The minimum atomic E-state index is 0.0524. The lowest BCUT2D eigenvalue weighted by atomic mass is 9.95. The summed E-state index contributed by atoms with van der Waals surface area (Å²) in [6, 6.07) is 15.0. The molecule has 148 valence electrons. The van der Waals surface area contributed by atoms with Crippen LogP contribution in [0.4, 0.5) is 23.1 Å². The molecular weight excluding hydrogens is 368 g/mol. The maximum Gasteiger partial charge on any atom is 0.229 e. The Morgan fingerprint density at radius 3 is 2.62 bits per heavy atom. The first kappa shape index (κ1) is 18.7. The number of anilines is 4. The van der Waals surface area contributed by atoms with Gasteiger partial charge < -0.3 is 20.1 Å². The molecule has 0 saturated heterocycles. The van der Waals surface area contributed by atoms with Crippen molar-refractivity contribution in [3.8, 4) is 11.5 Å². The number of para-hydroxylation sites is 2.